The summed E-state index contributed by atoms with van der Waals surface area (Å²) in [5.74, 6) is 1.13. The van der Waals surface area contributed by atoms with Crippen molar-refractivity contribution < 1.29 is 4.74 Å². The van der Waals surface area contributed by atoms with E-state index >= 15 is 0 Å². The fraction of sp³-hybridized carbons (Fsp3) is 0.0833. The molecule has 0 radical (unpaired) electrons. The van der Waals surface area contributed by atoms with Crippen LogP contribution in [0.25, 0.3) is 0 Å². The zero-order valence-corrected chi connectivity index (χ0v) is 10.9. The summed E-state index contributed by atoms with van der Waals surface area (Å²) in [6.07, 6.45) is 1.91. The van der Waals surface area contributed by atoms with Crippen LogP contribution in [0.3, 0.4) is 0 Å². The van der Waals surface area contributed by atoms with Crippen molar-refractivity contribution in [2.24, 2.45) is 0 Å². The molecule has 6 heteroatoms. The second-order valence-electron chi connectivity index (χ2n) is 3.46. The smallest absolute Gasteiger partial charge is 0.238 e. The largest absolute Gasteiger partial charge is 0.438 e. The number of anilines is 1. The molecule has 5 nitrogen and oxygen atoms in total. The van der Waals surface area contributed by atoms with Gasteiger partial charge in [0.2, 0.25) is 11.8 Å². The first-order valence-corrected chi connectivity index (χ1v) is 5.90. The van der Waals surface area contributed by atoms with Gasteiger partial charge in [-0.2, -0.15) is 10.2 Å². The van der Waals surface area contributed by atoms with Gasteiger partial charge in [-0.3, -0.25) is 0 Å². The maximum atomic E-state index is 8.57. The van der Waals surface area contributed by atoms with Crippen LogP contribution in [0.5, 0.6) is 11.6 Å². The average molecular weight is 305 g/mol. The van der Waals surface area contributed by atoms with Crippen molar-refractivity contribution in [3.8, 4) is 17.7 Å². The molecule has 0 bridgehead atoms. The molecule has 0 fully saturated rings. The Bertz CT molecular complexity index is 592. The van der Waals surface area contributed by atoms with Gasteiger partial charge < -0.3 is 10.5 Å². The number of nitrogen functional groups attached to an aromatic ring is 1. The predicted molar refractivity (Wildman–Crippen MR) is 70.0 cm³/mol. The first kappa shape index (κ1) is 12.3. The highest BCUT2D eigenvalue weighted by Gasteiger charge is 2.06. The van der Waals surface area contributed by atoms with Gasteiger partial charge in [-0.05, 0) is 33.6 Å². The van der Waals surface area contributed by atoms with E-state index in [0.717, 1.165) is 5.56 Å². The van der Waals surface area contributed by atoms with Crippen LogP contribution in [0, 0.1) is 11.3 Å². The molecule has 1 aromatic carbocycles. The Kier molecular flexibility index (Phi) is 3.75. The third kappa shape index (κ3) is 2.96. The minimum Gasteiger partial charge on any atom is -0.438 e. The van der Waals surface area contributed by atoms with E-state index in [0.29, 0.717) is 22.5 Å². The summed E-state index contributed by atoms with van der Waals surface area (Å²) < 4.78 is 6.19. The molecular weight excluding hydrogens is 296 g/mol. The number of ether oxygens (including phenoxy) is 1. The summed E-state index contributed by atoms with van der Waals surface area (Å²) in [6, 6.07) is 9.30. The first-order chi connectivity index (χ1) is 8.69. The van der Waals surface area contributed by atoms with Gasteiger partial charge in [0.25, 0.3) is 0 Å². The number of rotatable bonds is 3. The van der Waals surface area contributed by atoms with Crippen molar-refractivity contribution in [1.29, 1.82) is 5.26 Å². The minimum atomic E-state index is 0.148. The Hall–Kier alpha value is -2.13. The maximum Gasteiger partial charge on any atom is 0.238 e. The molecule has 0 aliphatic carbocycles. The van der Waals surface area contributed by atoms with Crippen molar-refractivity contribution in [1.82, 2.24) is 9.97 Å². The van der Waals surface area contributed by atoms with Crippen LogP contribution in [0.2, 0.25) is 0 Å². The zero-order valence-electron chi connectivity index (χ0n) is 9.30. The van der Waals surface area contributed by atoms with Gasteiger partial charge >= 0.3 is 0 Å². The molecule has 2 N–H and O–H groups in total. The second-order valence-corrected chi connectivity index (χ2v) is 4.32. The highest BCUT2D eigenvalue weighted by atomic mass is 79.9. The van der Waals surface area contributed by atoms with Crippen molar-refractivity contribution in [2.75, 3.05) is 5.73 Å². The standard InChI is InChI=1S/C12H9BrN4O/c13-10-7-16-12(15)17-11(10)18-9-3-1-8(2-4-9)5-6-14/h1-4,7H,5H2,(H2,15,16,17). The van der Waals surface area contributed by atoms with Gasteiger partial charge in [0, 0.05) is 0 Å². The van der Waals surface area contributed by atoms with Crippen LogP contribution >= 0.6 is 15.9 Å². The lowest BCUT2D eigenvalue weighted by molar-refractivity contribution is 0.459. The number of aromatic nitrogens is 2. The molecule has 0 amide bonds. The number of nitriles is 1. The molecule has 2 rings (SSSR count). The fourth-order valence-electron chi connectivity index (χ4n) is 1.31. The average Bonchev–Trinajstić information content (AvgIpc) is 2.37. The Labute approximate surface area is 112 Å². The third-order valence-electron chi connectivity index (χ3n) is 2.15. The number of halogens is 1. The van der Waals surface area contributed by atoms with E-state index in [4.69, 9.17) is 15.7 Å². The van der Waals surface area contributed by atoms with Crippen molar-refractivity contribution >= 4 is 21.9 Å². The lowest BCUT2D eigenvalue weighted by Crippen LogP contribution is -1.97. The lowest BCUT2D eigenvalue weighted by atomic mass is 10.2. The van der Waals surface area contributed by atoms with Crippen LogP contribution in [-0.4, -0.2) is 9.97 Å². The molecule has 0 aliphatic rings. The Morgan fingerprint density at radius 1 is 1.33 bits per heavy atom. The Morgan fingerprint density at radius 2 is 2.06 bits per heavy atom. The first-order valence-electron chi connectivity index (χ1n) is 5.11. The van der Waals surface area contributed by atoms with Crippen LogP contribution in [0.15, 0.2) is 34.9 Å². The molecule has 18 heavy (non-hydrogen) atoms. The molecule has 0 saturated carbocycles. The lowest BCUT2D eigenvalue weighted by Gasteiger charge is -2.07. The topological polar surface area (TPSA) is 84.8 Å². The van der Waals surface area contributed by atoms with Gasteiger partial charge in [-0.1, -0.05) is 12.1 Å². The second kappa shape index (κ2) is 5.47. The number of benzene rings is 1. The molecule has 1 aromatic heterocycles. The highest BCUT2D eigenvalue weighted by Crippen LogP contribution is 2.27. The monoisotopic (exact) mass is 304 g/mol. The SMILES string of the molecule is N#CCc1ccc(Oc2nc(N)ncc2Br)cc1. The number of nitrogens with zero attached hydrogens (tertiary/aromatic N) is 3. The number of nitrogens with two attached hydrogens (primary N) is 1. The number of hydrogen-bond donors (Lipinski definition) is 1. The highest BCUT2D eigenvalue weighted by molar-refractivity contribution is 9.10. The number of hydrogen-bond acceptors (Lipinski definition) is 5. The molecule has 2 aromatic rings. The van der Waals surface area contributed by atoms with E-state index in [1.807, 2.05) is 12.1 Å². The van der Waals surface area contributed by atoms with E-state index in [2.05, 4.69) is 32.0 Å². The molecule has 0 atom stereocenters. The third-order valence-corrected chi connectivity index (χ3v) is 2.70. The van der Waals surface area contributed by atoms with E-state index < -0.39 is 0 Å². The summed E-state index contributed by atoms with van der Waals surface area (Å²) in [5, 5.41) is 8.57. The van der Waals surface area contributed by atoms with Crippen molar-refractivity contribution in [3.05, 3.63) is 40.5 Å². The fourth-order valence-corrected chi connectivity index (χ4v) is 1.59. The van der Waals surface area contributed by atoms with E-state index in [-0.39, 0.29) is 5.95 Å². The summed E-state index contributed by atoms with van der Waals surface area (Å²) in [6.45, 7) is 0. The van der Waals surface area contributed by atoms with Crippen molar-refractivity contribution in [2.45, 2.75) is 6.42 Å². The maximum absolute atomic E-state index is 8.57. The van der Waals surface area contributed by atoms with E-state index in [9.17, 15) is 0 Å². The zero-order chi connectivity index (χ0) is 13.0. The molecular formula is C12H9BrN4O. The Morgan fingerprint density at radius 3 is 2.72 bits per heavy atom. The molecule has 0 unspecified atom stereocenters. The molecule has 1 heterocycles. The summed E-state index contributed by atoms with van der Waals surface area (Å²) in [7, 11) is 0. The van der Waals surface area contributed by atoms with E-state index in [1.54, 1.807) is 12.1 Å². The van der Waals surface area contributed by atoms with Crippen LogP contribution in [-0.2, 0) is 6.42 Å². The van der Waals surface area contributed by atoms with Gasteiger partial charge in [-0.15, -0.1) is 0 Å². The van der Waals surface area contributed by atoms with Crippen LogP contribution in [0.4, 0.5) is 5.95 Å². The van der Waals surface area contributed by atoms with Crippen LogP contribution in [0.1, 0.15) is 5.56 Å². The molecule has 0 saturated heterocycles. The van der Waals surface area contributed by atoms with Crippen molar-refractivity contribution in [3.63, 3.8) is 0 Å². The normalized spacial score (nSPS) is 9.78. The van der Waals surface area contributed by atoms with Crippen LogP contribution < -0.4 is 10.5 Å². The summed E-state index contributed by atoms with van der Waals surface area (Å²) in [4.78, 5) is 7.80. The Balaban J connectivity index is 2.18. The summed E-state index contributed by atoms with van der Waals surface area (Å²) >= 11 is 3.28. The van der Waals surface area contributed by atoms with E-state index in [1.165, 1.54) is 6.20 Å². The van der Waals surface area contributed by atoms with Gasteiger partial charge in [-0.25, -0.2) is 4.98 Å². The van der Waals surface area contributed by atoms with Gasteiger partial charge in [0.1, 0.15) is 5.75 Å². The van der Waals surface area contributed by atoms with Gasteiger partial charge in [0.05, 0.1) is 23.2 Å². The van der Waals surface area contributed by atoms with Gasteiger partial charge in [0.15, 0.2) is 0 Å². The summed E-state index contributed by atoms with van der Waals surface area (Å²) in [5.41, 5.74) is 6.42. The quantitative estimate of drug-likeness (QED) is 0.942. The minimum absolute atomic E-state index is 0.148. The molecule has 0 spiro atoms. The molecule has 0 aliphatic heterocycles. The molecule has 90 valence electrons. The predicted octanol–water partition coefficient (Wildman–Crippen LogP) is 2.68.